The average molecular weight is 350 g/mol. The van der Waals surface area contributed by atoms with Gasteiger partial charge in [-0.2, -0.15) is 0 Å². The number of nitrogens with one attached hydrogen (secondary N) is 2. The smallest absolute Gasteiger partial charge is 0.191 e. The Morgan fingerprint density at radius 1 is 1.21 bits per heavy atom. The van der Waals surface area contributed by atoms with E-state index in [0.29, 0.717) is 6.54 Å². The summed E-state index contributed by atoms with van der Waals surface area (Å²) in [6, 6.07) is 0. The Hall–Kier alpha value is -1.89. The van der Waals surface area contributed by atoms with Gasteiger partial charge in [-0.05, 0) is 20.3 Å². The van der Waals surface area contributed by atoms with Crippen LogP contribution in [0, 0.1) is 13.8 Å². The first-order valence-corrected chi connectivity index (χ1v) is 9.24. The molecule has 0 atom stereocenters. The van der Waals surface area contributed by atoms with E-state index in [-0.39, 0.29) is 0 Å². The van der Waals surface area contributed by atoms with E-state index in [9.17, 15) is 0 Å². The maximum atomic E-state index is 5.40. The van der Waals surface area contributed by atoms with Crippen LogP contribution < -0.4 is 10.6 Å². The zero-order chi connectivity index (χ0) is 17.5. The topological polar surface area (TPSA) is 75.3 Å². The molecule has 0 saturated carbocycles. The van der Waals surface area contributed by atoms with Crippen LogP contribution >= 0.6 is 11.3 Å². The van der Waals surface area contributed by atoms with Crippen molar-refractivity contribution in [3.63, 3.8) is 0 Å². The lowest BCUT2D eigenvalue weighted by molar-refractivity contribution is 0.380. The highest BCUT2D eigenvalue weighted by Gasteiger charge is 2.13. The lowest BCUT2D eigenvalue weighted by Crippen LogP contribution is -2.38. The highest BCUT2D eigenvalue weighted by atomic mass is 32.1. The number of guanidine groups is 1. The van der Waals surface area contributed by atoms with Gasteiger partial charge in [0.2, 0.25) is 0 Å². The first-order valence-electron chi connectivity index (χ1n) is 8.42. The van der Waals surface area contributed by atoms with Crippen LogP contribution in [0.15, 0.2) is 9.52 Å². The molecule has 0 saturated heterocycles. The van der Waals surface area contributed by atoms with Gasteiger partial charge in [0.15, 0.2) is 5.96 Å². The van der Waals surface area contributed by atoms with Gasteiger partial charge in [-0.3, -0.25) is 4.99 Å². The van der Waals surface area contributed by atoms with Gasteiger partial charge < -0.3 is 15.2 Å². The summed E-state index contributed by atoms with van der Waals surface area (Å²) < 4.78 is 5.40. The van der Waals surface area contributed by atoms with Gasteiger partial charge in [-0.1, -0.05) is 19.0 Å². The van der Waals surface area contributed by atoms with Crippen LogP contribution in [0.5, 0.6) is 0 Å². The van der Waals surface area contributed by atoms with Gasteiger partial charge in [-0.25, -0.2) is 4.98 Å². The van der Waals surface area contributed by atoms with E-state index < -0.39 is 0 Å². The molecule has 2 aromatic rings. The van der Waals surface area contributed by atoms with Crippen LogP contribution in [0.3, 0.4) is 0 Å². The molecule has 0 fully saturated rings. The molecule has 0 spiro atoms. The van der Waals surface area contributed by atoms with Gasteiger partial charge in [0.1, 0.15) is 5.76 Å². The van der Waals surface area contributed by atoms with Crippen molar-refractivity contribution in [2.24, 2.45) is 4.99 Å². The van der Waals surface area contributed by atoms with Crippen LogP contribution in [0.4, 0.5) is 0 Å². The van der Waals surface area contributed by atoms with Crippen molar-refractivity contribution in [2.75, 3.05) is 13.6 Å². The molecule has 0 aliphatic rings. The SMILES string of the molecule is CCc1noc(CC)c1CNC(=NC)NCCc1sc(C)nc1C. The first-order chi connectivity index (χ1) is 11.6. The van der Waals surface area contributed by atoms with Crippen LogP contribution in [0.1, 0.15) is 46.4 Å². The average Bonchev–Trinajstić information content (AvgIpc) is 3.12. The summed E-state index contributed by atoms with van der Waals surface area (Å²) in [6.07, 6.45) is 2.67. The number of aromatic nitrogens is 2. The Morgan fingerprint density at radius 3 is 2.58 bits per heavy atom. The molecule has 0 unspecified atom stereocenters. The highest BCUT2D eigenvalue weighted by Crippen LogP contribution is 2.17. The number of hydrogen-bond acceptors (Lipinski definition) is 5. The molecule has 0 amide bonds. The molecule has 2 rings (SSSR count). The molecule has 0 radical (unpaired) electrons. The second-order valence-corrected chi connectivity index (χ2v) is 6.87. The molecule has 2 aromatic heterocycles. The number of thiazole rings is 1. The molecular formula is C17H27N5OS. The van der Waals surface area contributed by atoms with Crippen molar-refractivity contribution in [1.82, 2.24) is 20.8 Å². The molecule has 0 aliphatic heterocycles. The van der Waals surface area contributed by atoms with E-state index >= 15 is 0 Å². The van der Waals surface area contributed by atoms with Crippen molar-refractivity contribution in [2.45, 2.75) is 53.5 Å². The molecule has 132 valence electrons. The van der Waals surface area contributed by atoms with E-state index in [2.05, 4.69) is 46.5 Å². The molecule has 0 bridgehead atoms. The number of rotatable bonds is 7. The zero-order valence-corrected chi connectivity index (χ0v) is 16.0. The maximum absolute atomic E-state index is 5.40. The van der Waals surface area contributed by atoms with Crippen molar-refractivity contribution in [3.05, 3.63) is 32.6 Å². The van der Waals surface area contributed by atoms with E-state index in [1.54, 1.807) is 18.4 Å². The second kappa shape index (κ2) is 8.82. The Balaban J connectivity index is 1.87. The van der Waals surface area contributed by atoms with Gasteiger partial charge in [0, 0.05) is 43.4 Å². The second-order valence-electron chi connectivity index (χ2n) is 5.58. The monoisotopic (exact) mass is 349 g/mol. The summed E-state index contributed by atoms with van der Waals surface area (Å²) in [7, 11) is 1.78. The van der Waals surface area contributed by atoms with E-state index in [1.807, 2.05) is 6.92 Å². The minimum atomic E-state index is 0.675. The summed E-state index contributed by atoms with van der Waals surface area (Å²) in [4.78, 5) is 10.1. The molecule has 0 aliphatic carbocycles. The molecular weight excluding hydrogens is 322 g/mol. The number of hydrogen-bond donors (Lipinski definition) is 2. The Kier molecular flexibility index (Phi) is 6.78. The number of nitrogens with zero attached hydrogens (tertiary/aromatic N) is 3. The third-order valence-electron chi connectivity index (χ3n) is 3.91. The largest absolute Gasteiger partial charge is 0.361 e. The maximum Gasteiger partial charge on any atom is 0.191 e. The fourth-order valence-electron chi connectivity index (χ4n) is 2.63. The fourth-order valence-corrected chi connectivity index (χ4v) is 3.57. The summed E-state index contributed by atoms with van der Waals surface area (Å²) in [5, 5.41) is 12.0. The summed E-state index contributed by atoms with van der Waals surface area (Å²) in [6.45, 7) is 9.78. The Labute approximate surface area is 147 Å². The molecule has 6 nitrogen and oxygen atoms in total. The number of aryl methyl sites for hydroxylation is 4. The third-order valence-corrected chi connectivity index (χ3v) is 5.04. The summed E-state index contributed by atoms with van der Waals surface area (Å²) in [5.74, 6) is 1.74. The van der Waals surface area contributed by atoms with Crippen molar-refractivity contribution in [3.8, 4) is 0 Å². The highest BCUT2D eigenvalue weighted by molar-refractivity contribution is 7.11. The normalized spacial score (nSPS) is 11.8. The predicted molar refractivity (Wildman–Crippen MR) is 98.8 cm³/mol. The van der Waals surface area contributed by atoms with E-state index in [4.69, 9.17) is 4.52 Å². The van der Waals surface area contributed by atoms with Gasteiger partial charge >= 0.3 is 0 Å². The standard InChI is InChI=1S/C17H27N5OS/c1-6-14-13(15(7-2)23-22-14)10-20-17(18-5)19-9-8-16-11(3)21-12(4)24-16/h6-10H2,1-5H3,(H2,18,19,20). The van der Waals surface area contributed by atoms with Crippen LogP contribution in [-0.4, -0.2) is 29.7 Å². The lowest BCUT2D eigenvalue weighted by Gasteiger charge is -2.12. The van der Waals surface area contributed by atoms with Crippen molar-refractivity contribution in [1.29, 1.82) is 0 Å². The minimum absolute atomic E-state index is 0.675. The fraction of sp³-hybridized carbons (Fsp3) is 0.588. The Morgan fingerprint density at radius 2 is 2.00 bits per heavy atom. The third kappa shape index (κ3) is 4.56. The van der Waals surface area contributed by atoms with E-state index in [0.717, 1.165) is 59.5 Å². The van der Waals surface area contributed by atoms with Crippen LogP contribution in [-0.2, 0) is 25.8 Å². The quantitative estimate of drug-likeness (QED) is 0.594. The molecule has 2 heterocycles. The molecule has 24 heavy (non-hydrogen) atoms. The van der Waals surface area contributed by atoms with Crippen molar-refractivity contribution < 1.29 is 4.52 Å². The van der Waals surface area contributed by atoms with Gasteiger partial charge in [0.05, 0.1) is 16.4 Å². The first kappa shape index (κ1) is 18.4. The lowest BCUT2D eigenvalue weighted by atomic mass is 10.1. The molecule has 2 N–H and O–H groups in total. The van der Waals surface area contributed by atoms with E-state index in [1.165, 1.54) is 4.88 Å². The van der Waals surface area contributed by atoms with Crippen molar-refractivity contribution >= 4 is 17.3 Å². The number of aliphatic imine (C=N–C) groups is 1. The van der Waals surface area contributed by atoms with Crippen LogP contribution in [0.25, 0.3) is 0 Å². The van der Waals surface area contributed by atoms with Gasteiger partial charge in [0.25, 0.3) is 0 Å². The predicted octanol–water partition coefficient (Wildman–Crippen LogP) is 2.78. The zero-order valence-electron chi connectivity index (χ0n) is 15.2. The summed E-state index contributed by atoms with van der Waals surface area (Å²) >= 11 is 1.76. The minimum Gasteiger partial charge on any atom is -0.361 e. The molecule has 0 aromatic carbocycles. The van der Waals surface area contributed by atoms with Crippen LogP contribution in [0.2, 0.25) is 0 Å². The Bertz CT molecular complexity index is 668. The summed E-state index contributed by atoms with van der Waals surface area (Å²) in [5.41, 5.74) is 3.30. The molecule has 7 heteroatoms. The van der Waals surface area contributed by atoms with Gasteiger partial charge in [-0.15, -0.1) is 11.3 Å².